The van der Waals surface area contributed by atoms with Crippen LogP contribution in [0.5, 0.6) is 0 Å². The van der Waals surface area contributed by atoms with Gasteiger partial charge >= 0.3 is 12.1 Å². The highest BCUT2D eigenvalue weighted by molar-refractivity contribution is 5.74. The highest BCUT2D eigenvalue weighted by Gasteiger charge is 2.38. The van der Waals surface area contributed by atoms with Crippen molar-refractivity contribution in [3.05, 3.63) is 0 Å². The van der Waals surface area contributed by atoms with E-state index < -0.39 is 18.0 Å². The van der Waals surface area contributed by atoms with Crippen LogP contribution in [-0.2, 0) is 9.53 Å². The van der Waals surface area contributed by atoms with Crippen LogP contribution in [0.3, 0.4) is 0 Å². The number of methoxy groups -OCH3 is 1. The Morgan fingerprint density at radius 3 is 2.50 bits per heavy atom. The number of likely N-dealkylation sites (tertiary alicyclic amines) is 1. The molecule has 0 aliphatic carbocycles. The lowest BCUT2D eigenvalue weighted by atomic mass is 9.94. The van der Waals surface area contributed by atoms with Gasteiger partial charge in [-0.1, -0.05) is 13.3 Å². The van der Waals surface area contributed by atoms with E-state index in [0.29, 0.717) is 6.54 Å². The van der Waals surface area contributed by atoms with Gasteiger partial charge in [-0.15, -0.1) is 0 Å². The Balaban J connectivity index is 2.65. The number of hydrogen-bond acceptors (Lipinski definition) is 3. The Morgan fingerprint density at radius 2 is 2.14 bits per heavy atom. The zero-order chi connectivity index (χ0) is 10.7. The first-order valence-corrected chi connectivity index (χ1v) is 4.65. The van der Waals surface area contributed by atoms with Crippen molar-refractivity contribution in [2.75, 3.05) is 20.2 Å². The van der Waals surface area contributed by atoms with Gasteiger partial charge in [0.05, 0.1) is 13.0 Å². The number of rotatable bonds is 2. The maximum absolute atomic E-state index is 11.2. The number of hydrogen-bond donors (Lipinski definition) is 1. The predicted molar refractivity (Wildman–Crippen MR) is 48.9 cm³/mol. The molecule has 1 aliphatic heterocycles. The molecular formula is C9H15NO4. The number of carbonyl (C=O) groups excluding carboxylic acids is 1. The van der Waals surface area contributed by atoms with Gasteiger partial charge < -0.3 is 14.7 Å². The van der Waals surface area contributed by atoms with Crippen molar-refractivity contribution >= 4 is 12.1 Å². The fraction of sp³-hybridized carbons (Fsp3) is 0.778. The SMILES string of the molecule is CCC1CN(C(=O)OC)CC1C(=O)O. The van der Waals surface area contributed by atoms with Gasteiger partial charge in [0.2, 0.25) is 0 Å². The third kappa shape index (κ3) is 1.97. The second kappa shape index (κ2) is 4.30. The van der Waals surface area contributed by atoms with Crippen molar-refractivity contribution in [2.45, 2.75) is 13.3 Å². The number of nitrogens with zero attached hydrogens (tertiary/aromatic N) is 1. The number of carbonyl (C=O) groups is 2. The molecule has 80 valence electrons. The van der Waals surface area contributed by atoms with Gasteiger partial charge in [0.1, 0.15) is 0 Å². The van der Waals surface area contributed by atoms with Crippen molar-refractivity contribution in [1.29, 1.82) is 0 Å². The number of ether oxygens (including phenoxy) is 1. The van der Waals surface area contributed by atoms with Crippen LogP contribution in [0.1, 0.15) is 13.3 Å². The van der Waals surface area contributed by atoms with Crippen LogP contribution in [-0.4, -0.2) is 42.3 Å². The van der Waals surface area contributed by atoms with Crippen LogP contribution in [0.25, 0.3) is 0 Å². The first-order chi connectivity index (χ1) is 6.60. The van der Waals surface area contributed by atoms with E-state index in [1.54, 1.807) is 0 Å². The number of carboxylic acids is 1. The summed E-state index contributed by atoms with van der Waals surface area (Å²) >= 11 is 0. The molecule has 1 amide bonds. The molecule has 1 aliphatic rings. The van der Waals surface area contributed by atoms with E-state index in [-0.39, 0.29) is 12.5 Å². The minimum atomic E-state index is -0.830. The summed E-state index contributed by atoms with van der Waals surface area (Å²) in [5.41, 5.74) is 0. The summed E-state index contributed by atoms with van der Waals surface area (Å²) in [5.74, 6) is -1.23. The van der Waals surface area contributed by atoms with E-state index in [2.05, 4.69) is 4.74 Å². The Morgan fingerprint density at radius 1 is 1.50 bits per heavy atom. The van der Waals surface area contributed by atoms with Gasteiger partial charge in [-0.25, -0.2) is 4.79 Å². The van der Waals surface area contributed by atoms with E-state index in [1.807, 2.05) is 6.92 Å². The average Bonchev–Trinajstić information content (AvgIpc) is 2.60. The van der Waals surface area contributed by atoms with Crippen LogP contribution in [0.15, 0.2) is 0 Å². The van der Waals surface area contributed by atoms with E-state index in [0.717, 1.165) is 6.42 Å². The Hall–Kier alpha value is -1.26. The fourth-order valence-corrected chi connectivity index (χ4v) is 1.84. The summed E-state index contributed by atoms with van der Waals surface area (Å²) in [6.45, 7) is 2.68. The quantitative estimate of drug-likeness (QED) is 0.717. The zero-order valence-electron chi connectivity index (χ0n) is 8.40. The standard InChI is InChI=1S/C9H15NO4/c1-3-6-4-10(9(13)14-2)5-7(6)8(11)12/h6-7H,3-5H2,1-2H3,(H,11,12). The first-order valence-electron chi connectivity index (χ1n) is 4.65. The molecule has 2 atom stereocenters. The third-order valence-corrected chi connectivity index (χ3v) is 2.72. The molecule has 14 heavy (non-hydrogen) atoms. The molecule has 0 aromatic heterocycles. The van der Waals surface area contributed by atoms with Crippen LogP contribution in [0.2, 0.25) is 0 Å². The molecule has 0 radical (unpaired) electrons. The minimum Gasteiger partial charge on any atom is -0.481 e. The summed E-state index contributed by atoms with van der Waals surface area (Å²) in [5, 5.41) is 8.91. The van der Waals surface area contributed by atoms with Gasteiger partial charge in [0, 0.05) is 13.1 Å². The van der Waals surface area contributed by atoms with Crippen molar-refractivity contribution in [3.8, 4) is 0 Å². The average molecular weight is 201 g/mol. The van der Waals surface area contributed by atoms with Crippen LogP contribution >= 0.6 is 0 Å². The lowest BCUT2D eigenvalue weighted by molar-refractivity contribution is -0.142. The van der Waals surface area contributed by atoms with E-state index >= 15 is 0 Å². The molecule has 0 bridgehead atoms. The molecule has 1 fully saturated rings. The Kier molecular flexibility index (Phi) is 3.33. The largest absolute Gasteiger partial charge is 0.481 e. The van der Waals surface area contributed by atoms with Gasteiger partial charge in [-0.2, -0.15) is 0 Å². The Bertz CT molecular complexity index is 241. The van der Waals surface area contributed by atoms with E-state index in [9.17, 15) is 9.59 Å². The number of carboxylic acid groups (broad SMARTS) is 1. The van der Waals surface area contributed by atoms with Gasteiger partial charge in [0.25, 0.3) is 0 Å². The molecule has 1 N–H and O–H groups in total. The molecule has 5 nitrogen and oxygen atoms in total. The van der Waals surface area contributed by atoms with E-state index in [4.69, 9.17) is 5.11 Å². The molecule has 1 heterocycles. The summed E-state index contributed by atoms with van der Waals surface area (Å²) in [6, 6.07) is 0. The van der Waals surface area contributed by atoms with Crippen molar-refractivity contribution in [1.82, 2.24) is 4.90 Å². The van der Waals surface area contributed by atoms with Crippen molar-refractivity contribution in [2.24, 2.45) is 11.8 Å². The number of amides is 1. The van der Waals surface area contributed by atoms with Crippen LogP contribution in [0, 0.1) is 11.8 Å². The molecule has 0 spiro atoms. The second-order valence-corrected chi connectivity index (χ2v) is 3.49. The summed E-state index contributed by atoms with van der Waals surface area (Å²) in [7, 11) is 1.30. The monoisotopic (exact) mass is 201 g/mol. The molecule has 2 unspecified atom stereocenters. The van der Waals surface area contributed by atoms with Gasteiger partial charge in [-0.3, -0.25) is 4.79 Å². The van der Waals surface area contributed by atoms with Crippen molar-refractivity contribution < 1.29 is 19.4 Å². The Labute approximate surface area is 82.6 Å². The maximum Gasteiger partial charge on any atom is 0.409 e. The molecule has 1 rings (SSSR count). The molecule has 0 saturated carbocycles. The van der Waals surface area contributed by atoms with Crippen LogP contribution in [0.4, 0.5) is 4.79 Å². The summed E-state index contributed by atoms with van der Waals surface area (Å²) < 4.78 is 4.55. The van der Waals surface area contributed by atoms with Gasteiger partial charge in [0.15, 0.2) is 0 Å². The zero-order valence-corrected chi connectivity index (χ0v) is 8.40. The molecule has 0 aromatic rings. The second-order valence-electron chi connectivity index (χ2n) is 3.49. The summed E-state index contributed by atoms with van der Waals surface area (Å²) in [6.07, 6.45) is 0.331. The molecule has 0 aromatic carbocycles. The van der Waals surface area contributed by atoms with Crippen LogP contribution < -0.4 is 0 Å². The smallest absolute Gasteiger partial charge is 0.409 e. The van der Waals surface area contributed by atoms with Crippen molar-refractivity contribution in [3.63, 3.8) is 0 Å². The topological polar surface area (TPSA) is 66.8 Å². The first kappa shape index (κ1) is 10.8. The van der Waals surface area contributed by atoms with Gasteiger partial charge in [-0.05, 0) is 5.92 Å². The highest BCUT2D eigenvalue weighted by atomic mass is 16.5. The minimum absolute atomic E-state index is 0.0478. The summed E-state index contributed by atoms with van der Waals surface area (Å²) in [4.78, 5) is 23.5. The lowest BCUT2D eigenvalue weighted by Crippen LogP contribution is -2.29. The molecular weight excluding hydrogens is 186 g/mol. The lowest BCUT2D eigenvalue weighted by Gasteiger charge is -2.13. The molecule has 1 saturated heterocycles. The highest BCUT2D eigenvalue weighted by Crippen LogP contribution is 2.26. The maximum atomic E-state index is 11.2. The number of aliphatic carboxylic acids is 1. The molecule has 5 heteroatoms. The predicted octanol–water partition coefficient (Wildman–Crippen LogP) is 0.795. The third-order valence-electron chi connectivity index (χ3n) is 2.72. The fourth-order valence-electron chi connectivity index (χ4n) is 1.84. The normalized spacial score (nSPS) is 26.3. The van der Waals surface area contributed by atoms with E-state index in [1.165, 1.54) is 12.0 Å².